The Morgan fingerprint density at radius 3 is 0.784 bits per heavy atom. The molecule has 19 heteroatoms. The summed E-state index contributed by atoms with van der Waals surface area (Å²) in [7, 11) is -9.92. The quantitative estimate of drug-likeness (QED) is 0.0222. The summed E-state index contributed by atoms with van der Waals surface area (Å²) in [5.74, 6) is -0.520. The standard InChI is InChI=1S/C78H152O17P2/c1-7-10-12-14-16-18-20-22-23-26-30-37-43-49-55-61-76(81)89-66-73(94-77(82)62-56-50-44-38-31-27-24-25-28-34-40-46-52-58-70(4)5)68-92-96(84,85)90-64-72(79)65-91-97(86,87)93-69-74(67-88-75(80)60-54-48-42-36-29-21-19-17-15-13-11-8-2)95-78(83)63-57-51-45-39-33-32-35-41-47-53-59-71(6)9-3/h70-74,79H,7-69H2,1-6H3,(H,84,85)(H,86,87)/t71?,72-,73-,74-/m1/s1. The van der Waals surface area contributed by atoms with Crippen molar-refractivity contribution in [3.05, 3.63) is 0 Å². The van der Waals surface area contributed by atoms with Gasteiger partial charge in [0, 0.05) is 25.7 Å². The third-order valence-electron chi connectivity index (χ3n) is 18.6. The molecule has 97 heavy (non-hydrogen) atoms. The lowest BCUT2D eigenvalue weighted by atomic mass is 9.99. The van der Waals surface area contributed by atoms with E-state index in [-0.39, 0.29) is 25.7 Å². The number of phosphoric acid groups is 2. The number of hydrogen-bond acceptors (Lipinski definition) is 15. The zero-order valence-electron chi connectivity index (χ0n) is 63.4. The molecule has 0 spiro atoms. The summed E-state index contributed by atoms with van der Waals surface area (Å²) in [6.07, 6.45) is 58.0. The van der Waals surface area contributed by atoms with Gasteiger partial charge in [-0.2, -0.15) is 0 Å². The Bertz CT molecular complexity index is 1870. The van der Waals surface area contributed by atoms with Crippen LogP contribution in [0.4, 0.5) is 0 Å². The first kappa shape index (κ1) is 95.1. The molecule has 0 saturated carbocycles. The van der Waals surface area contributed by atoms with Crippen molar-refractivity contribution >= 4 is 39.5 Å². The molecule has 0 aliphatic carbocycles. The van der Waals surface area contributed by atoms with Crippen molar-refractivity contribution in [2.75, 3.05) is 39.6 Å². The lowest BCUT2D eigenvalue weighted by molar-refractivity contribution is -0.161. The minimum absolute atomic E-state index is 0.107. The first-order chi connectivity index (χ1) is 46.9. The molecule has 3 N–H and O–H groups in total. The first-order valence-electron chi connectivity index (χ1n) is 40.5. The van der Waals surface area contributed by atoms with Crippen LogP contribution in [-0.4, -0.2) is 96.7 Å². The SMILES string of the molecule is CCCCCCCCCCCCCCCCCC(=O)OC[C@H](COP(=O)(O)OC[C@@H](O)COP(=O)(O)OC[C@@H](COC(=O)CCCCCCCCCCCCCC)OC(=O)CCCCCCCCCCCCC(C)CC)OC(=O)CCCCCCCCCCCCCCCC(C)C. The first-order valence-corrected chi connectivity index (χ1v) is 43.5. The van der Waals surface area contributed by atoms with Crippen LogP contribution in [0.1, 0.15) is 408 Å². The predicted molar refractivity (Wildman–Crippen MR) is 395 cm³/mol. The Kier molecular flexibility index (Phi) is 68.4. The van der Waals surface area contributed by atoms with Crippen LogP contribution in [0.3, 0.4) is 0 Å². The van der Waals surface area contributed by atoms with E-state index < -0.39 is 97.5 Å². The topological polar surface area (TPSA) is 237 Å². The van der Waals surface area contributed by atoms with Gasteiger partial charge in [0.2, 0.25) is 0 Å². The molecular formula is C78H152O17P2. The van der Waals surface area contributed by atoms with E-state index in [2.05, 4.69) is 41.5 Å². The van der Waals surface area contributed by atoms with Crippen molar-refractivity contribution in [2.45, 2.75) is 426 Å². The van der Waals surface area contributed by atoms with Gasteiger partial charge >= 0.3 is 39.5 Å². The molecule has 6 atom stereocenters. The zero-order chi connectivity index (χ0) is 71.4. The Balaban J connectivity index is 5.27. The van der Waals surface area contributed by atoms with E-state index in [4.69, 9.17) is 37.0 Å². The lowest BCUT2D eigenvalue weighted by Crippen LogP contribution is -2.30. The molecule has 0 rings (SSSR count). The molecule has 0 aromatic carbocycles. The van der Waals surface area contributed by atoms with E-state index in [9.17, 15) is 43.2 Å². The van der Waals surface area contributed by atoms with Crippen LogP contribution < -0.4 is 0 Å². The largest absolute Gasteiger partial charge is 0.472 e. The summed E-state index contributed by atoms with van der Waals surface area (Å²) in [5.41, 5.74) is 0. The molecule has 0 saturated heterocycles. The molecule has 0 heterocycles. The second-order valence-electron chi connectivity index (χ2n) is 28.8. The molecule has 0 bridgehead atoms. The smallest absolute Gasteiger partial charge is 0.462 e. The van der Waals surface area contributed by atoms with Gasteiger partial charge < -0.3 is 33.8 Å². The van der Waals surface area contributed by atoms with Crippen molar-refractivity contribution in [2.24, 2.45) is 11.8 Å². The Morgan fingerprint density at radius 1 is 0.299 bits per heavy atom. The molecule has 3 unspecified atom stereocenters. The van der Waals surface area contributed by atoms with Crippen LogP contribution in [0.25, 0.3) is 0 Å². The maximum Gasteiger partial charge on any atom is 0.472 e. The number of aliphatic hydroxyl groups is 1. The number of rotatable bonds is 77. The van der Waals surface area contributed by atoms with Crippen molar-refractivity contribution in [3.63, 3.8) is 0 Å². The molecule has 17 nitrogen and oxygen atoms in total. The molecule has 0 aromatic rings. The fraction of sp³-hybridized carbons (Fsp3) is 0.949. The van der Waals surface area contributed by atoms with E-state index in [1.165, 1.54) is 225 Å². The second kappa shape index (κ2) is 69.8. The van der Waals surface area contributed by atoms with Crippen LogP contribution >= 0.6 is 15.6 Å². The van der Waals surface area contributed by atoms with E-state index in [0.29, 0.717) is 25.7 Å². The summed E-state index contributed by atoms with van der Waals surface area (Å²) in [5, 5.41) is 10.6. The van der Waals surface area contributed by atoms with Crippen LogP contribution in [0.15, 0.2) is 0 Å². The lowest BCUT2D eigenvalue weighted by Gasteiger charge is -2.21. The van der Waals surface area contributed by atoms with Gasteiger partial charge in [-0.25, -0.2) is 9.13 Å². The molecule has 0 aliphatic rings. The van der Waals surface area contributed by atoms with Crippen LogP contribution in [0, 0.1) is 11.8 Å². The van der Waals surface area contributed by atoms with Gasteiger partial charge in [-0.15, -0.1) is 0 Å². The summed E-state index contributed by atoms with van der Waals surface area (Å²) >= 11 is 0. The van der Waals surface area contributed by atoms with Crippen molar-refractivity contribution < 1.29 is 80.2 Å². The van der Waals surface area contributed by atoms with Crippen molar-refractivity contribution in [3.8, 4) is 0 Å². The van der Waals surface area contributed by atoms with Gasteiger partial charge in [0.15, 0.2) is 12.2 Å². The number of esters is 4. The highest BCUT2D eigenvalue weighted by Crippen LogP contribution is 2.45. The van der Waals surface area contributed by atoms with Crippen LogP contribution in [-0.2, 0) is 65.4 Å². The Morgan fingerprint density at radius 2 is 0.526 bits per heavy atom. The zero-order valence-corrected chi connectivity index (χ0v) is 65.2. The summed E-state index contributed by atoms with van der Waals surface area (Å²) < 4.78 is 68.7. The van der Waals surface area contributed by atoms with Gasteiger partial charge in [0.1, 0.15) is 19.3 Å². The highest BCUT2D eigenvalue weighted by atomic mass is 31.2. The number of carbonyl (C=O) groups excluding carboxylic acids is 4. The van der Waals surface area contributed by atoms with Crippen molar-refractivity contribution in [1.82, 2.24) is 0 Å². The molecular weight excluding hydrogens is 1270 g/mol. The van der Waals surface area contributed by atoms with Gasteiger partial charge in [-0.3, -0.25) is 37.3 Å². The van der Waals surface area contributed by atoms with Crippen LogP contribution in [0.5, 0.6) is 0 Å². The van der Waals surface area contributed by atoms with E-state index in [1.54, 1.807) is 0 Å². The monoisotopic (exact) mass is 1420 g/mol. The minimum Gasteiger partial charge on any atom is -0.462 e. The maximum absolute atomic E-state index is 13.1. The highest BCUT2D eigenvalue weighted by Gasteiger charge is 2.30. The van der Waals surface area contributed by atoms with Crippen molar-refractivity contribution in [1.29, 1.82) is 0 Å². The normalized spacial score (nSPS) is 14.2. The van der Waals surface area contributed by atoms with E-state index in [0.717, 1.165) is 102 Å². The van der Waals surface area contributed by atoms with E-state index >= 15 is 0 Å². The third kappa shape index (κ3) is 70.9. The van der Waals surface area contributed by atoms with Gasteiger partial charge in [0.25, 0.3) is 0 Å². The number of carbonyl (C=O) groups is 4. The average molecular weight is 1420 g/mol. The number of phosphoric ester groups is 2. The van der Waals surface area contributed by atoms with Gasteiger partial charge in [-0.1, -0.05) is 356 Å². The molecule has 576 valence electrons. The van der Waals surface area contributed by atoms with Gasteiger partial charge in [0.05, 0.1) is 26.4 Å². The number of ether oxygens (including phenoxy) is 4. The molecule has 0 aromatic heterocycles. The Hall–Kier alpha value is -1.94. The average Bonchev–Trinajstić information content (AvgIpc) is 1.60. The fourth-order valence-corrected chi connectivity index (χ4v) is 13.6. The molecule has 0 amide bonds. The Labute approximate surface area is 594 Å². The second-order valence-corrected chi connectivity index (χ2v) is 31.7. The number of hydrogen-bond donors (Lipinski definition) is 3. The van der Waals surface area contributed by atoms with Gasteiger partial charge in [-0.05, 0) is 37.5 Å². The highest BCUT2D eigenvalue weighted by molar-refractivity contribution is 7.47. The minimum atomic E-state index is -4.96. The summed E-state index contributed by atoms with van der Waals surface area (Å²) in [4.78, 5) is 72.9. The third-order valence-corrected chi connectivity index (χ3v) is 20.5. The molecule has 0 radical (unpaired) electrons. The maximum atomic E-state index is 13.1. The molecule has 0 fully saturated rings. The number of unbranched alkanes of at least 4 members (excludes halogenated alkanes) is 46. The number of aliphatic hydroxyl groups excluding tert-OH is 1. The van der Waals surface area contributed by atoms with Crippen LogP contribution in [0.2, 0.25) is 0 Å². The predicted octanol–water partition coefficient (Wildman–Crippen LogP) is 23.1. The molecule has 0 aliphatic heterocycles. The fourth-order valence-electron chi connectivity index (χ4n) is 12.0. The summed E-state index contributed by atoms with van der Waals surface area (Å²) in [6.45, 7) is 9.66. The van der Waals surface area contributed by atoms with E-state index in [1.807, 2.05) is 0 Å². The summed E-state index contributed by atoms with van der Waals surface area (Å²) in [6, 6.07) is 0.